The van der Waals surface area contributed by atoms with E-state index < -0.39 is 163 Å². The zero-order chi connectivity index (χ0) is 116. The number of aromatic nitrogens is 1. The van der Waals surface area contributed by atoms with Crippen LogP contribution in [-0.2, 0) is 190 Å². The van der Waals surface area contributed by atoms with Gasteiger partial charge in [0, 0.05) is 66.2 Å². The fourth-order valence-corrected chi connectivity index (χ4v) is 6.94. The molecule has 142 heavy (non-hydrogen) atoms. The smallest absolute Gasteiger partial charge is 0.709 e. The van der Waals surface area contributed by atoms with E-state index in [1.807, 2.05) is 18.2 Å². The predicted molar refractivity (Wildman–Crippen MR) is 454 cm³/mol. The summed E-state index contributed by atoms with van der Waals surface area (Å²) in [6, 6.07) is 1.75. The van der Waals surface area contributed by atoms with Crippen LogP contribution in [0.1, 0.15) is 37.8 Å². The van der Waals surface area contributed by atoms with E-state index in [1.54, 1.807) is 31.7 Å². The van der Waals surface area contributed by atoms with Gasteiger partial charge in [0.15, 0.2) is 17.2 Å². The Morgan fingerprint density at radius 1 is 0.514 bits per heavy atom. The van der Waals surface area contributed by atoms with E-state index in [-0.39, 0.29) is 97.7 Å². The minimum Gasteiger partial charge on any atom is -0.709 e. The molecule has 0 aliphatic carbocycles. The molecular weight excluding hydrogens is 2310 g/mol. The third kappa shape index (κ3) is 279. The van der Waals surface area contributed by atoms with Crippen molar-refractivity contribution in [1.29, 1.82) is 10.5 Å². The summed E-state index contributed by atoms with van der Waals surface area (Å²) < 4.78 is 90.8. The van der Waals surface area contributed by atoms with Gasteiger partial charge in [0.25, 0.3) is 96.6 Å². The number of esters is 1. The summed E-state index contributed by atoms with van der Waals surface area (Å²) in [4.78, 5) is 232. The van der Waals surface area contributed by atoms with Crippen molar-refractivity contribution in [2.24, 2.45) is 0 Å². The van der Waals surface area contributed by atoms with Crippen LogP contribution in [0.15, 0.2) is 5.51 Å². The number of alkyl halides is 2. The van der Waals surface area contributed by atoms with Crippen molar-refractivity contribution in [2.75, 3.05) is 181 Å². The maximum absolute atomic E-state index is 11.0. The second kappa shape index (κ2) is 138. The molecule has 0 N–H and O–H groups in total. The maximum atomic E-state index is 11.0. The number of thioether (sulfide) groups is 1. The van der Waals surface area contributed by atoms with E-state index in [0.717, 1.165) is 127 Å². The van der Waals surface area contributed by atoms with Crippen molar-refractivity contribution in [1.82, 2.24) is 4.98 Å². The largest absolute Gasteiger partial charge is 1.00 e. The number of hydrogen-bond acceptors (Lipinski definition) is 74. The zero-order valence-corrected chi connectivity index (χ0v) is 91.4. The minimum atomic E-state index is -3.57. The number of carbonyl (C=O) groups excluding carboxylic acids is 1. The Bertz CT molecular complexity index is 3530. The van der Waals surface area contributed by atoms with Crippen LogP contribution in [0.5, 0.6) is 0 Å². The number of halogens is 2. The van der Waals surface area contributed by atoms with E-state index in [9.17, 15) is 70.9 Å². The number of hydrogen-bond donors (Lipinski definition) is 0. The van der Waals surface area contributed by atoms with Crippen LogP contribution in [0.2, 0.25) is 0 Å². The number of ether oxygens (including phenoxy) is 1. The quantitative estimate of drug-likeness (QED) is 0.00828. The van der Waals surface area contributed by atoms with Gasteiger partial charge in [-0.3, -0.25) is 17.7 Å². The third-order valence-electron chi connectivity index (χ3n) is 7.44. The first-order valence-electron chi connectivity index (χ1n) is 31.1. The molecule has 0 amide bonds. The van der Waals surface area contributed by atoms with Crippen LogP contribution in [0.4, 0.5) is 0 Å². The van der Waals surface area contributed by atoms with Crippen molar-refractivity contribution in [3.05, 3.63) is 188 Å². The Morgan fingerprint density at radius 2 is 0.739 bits per heavy atom. The zero-order valence-electron chi connectivity index (χ0n) is 77.6. The standard InChI is InChI=1S/C6H8N2O3S.C5H13O3P.C4H5NO5.C3H5NO6S.C3H5NO5S.C2H3NS.C2H3N.CH3Br.CH3Cl.13CH3NO3.2CH4O3S2.2Na/c1-5-6(12-4-7-5)2-3-11-8(9)10;1-4-7-9(3,6)8-5-2;6-4-1-3(2-9-4)10-5(7)8;5-4(6)10-3-1-9-11(7,8)2-3;5-4(6)9-3-1-8-10(7)2-3;1-4-2-3;1-2-3;2*1-2;13*1-5-2(3)4;2*1-6(3,5)4-2;;/h4H,2-3H2,1H3;4-5H2,1-3H3;3H,1-2H2;3H,1-2H2;3H,1-2H2;1H3;1H3;2*1H3;13*1H3;2*2H,1H3;;/q;;;;;;;;;;;;;;;;;;;;;;;;2*+1/p-2. The number of thiocyanates is 1. The number of thiazole rings is 1. The van der Waals surface area contributed by atoms with Crippen LogP contribution >= 0.6 is 58.2 Å². The first kappa shape index (κ1) is 186. The molecule has 1 aromatic rings. The maximum Gasteiger partial charge on any atom is 1.00 e. The monoisotopic (exact) mass is 2400 g/mol. The number of aryl methyl sites for hydroxylation is 1. The van der Waals surface area contributed by atoms with E-state index in [1.165, 1.54) is 31.3 Å². The van der Waals surface area contributed by atoms with Crippen LogP contribution in [-0.4, -0.2) is 318 Å². The Labute approximate surface area is 873 Å². The molecule has 87 nitrogen and oxygen atoms in total. The van der Waals surface area contributed by atoms with Gasteiger partial charge < -0.3 is 115 Å². The van der Waals surface area contributed by atoms with Crippen LogP contribution in [0, 0.1) is 201 Å². The SMILES string of the molecule is CBr.CC#N.CCOP(C)(=O)OCC.CCl.CO[N+](=O)[O-].CO[N+](=O)[O-].CO[N+](=O)[O-].CO[N+](=O)[O-].CO[N+](=O)[O-].CO[N+](=O)[O-].CO[N+](=O)[O-].CO[N+](=O)[O-].CO[N+](=O)[O-].CO[N+](=O)[O-].CO[N+](=O)[O-].CO[N+](=O)[O-].CO[N+](=O)[O-].CS(=O)(=S)O[O-].CS(=O)(=S)O[O-].CSC#N.Cc1ncsc1CCO[N+](=O)[O-].O=C1CC(O[N+](=O)[O-])CO1.O=[N+]([O-])OC1COS(=O)(=O)C1.O=[N+]([O-])OC1COS(=O)C1.[Na+].[Na+]. The van der Waals surface area contributed by atoms with Crippen LogP contribution in [0.25, 0.3) is 0 Å². The molecule has 0 bridgehead atoms. The molecule has 1 aromatic heterocycles. The molecule has 0 spiro atoms. The molecule has 3 fully saturated rings. The van der Waals surface area contributed by atoms with Gasteiger partial charge in [-0.2, -0.15) is 18.9 Å². The second-order valence-corrected chi connectivity index (χ2v) is 29.8. The average Bonchev–Trinajstić information content (AvgIpc) is 1.73. The molecule has 832 valence electrons. The molecule has 4 rings (SSSR count). The fraction of sp³-hybridized carbons (Fsp3) is 0.857. The van der Waals surface area contributed by atoms with E-state index in [0.29, 0.717) is 19.6 Å². The molecule has 6 unspecified atom stereocenters. The molecule has 4 heterocycles. The Morgan fingerprint density at radius 3 is 0.880 bits per heavy atom. The van der Waals surface area contributed by atoms with Crippen molar-refractivity contribution in [3.63, 3.8) is 0 Å². The van der Waals surface area contributed by atoms with Gasteiger partial charge in [0.1, 0.15) is 54.1 Å². The van der Waals surface area contributed by atoms with Gasteiger partial charge >= 0.3 is 72.7 Å². The number of nitrogens with zero attached hydrogens (tertiary/aromatic N) is 20. The van der Waals surface area contributed by atoms with Gasteiger partial charge in [0.2, 0.25) is 0 Å². The molecule has 0 radical (unpaired) electrons. The molecule has 0 aromatic carbocycles. The van der Waals surface area contributed by atoms with Crippen molar-refractivity contribution in [3.8, 4) is 11.5 Å². The first-order valence-corrected chi connectivity index (χ1v) is 46.0. The van der Waals surface area contributed by atoms with E-state index in [4.69, 9.17) is 162 Å². The van der Waals surface area contributed by atoms with Crippen LogP contribution < -0.4 is 69.6 Å². The number of carbonyl (C=O) groups is 1. The van der Waals surface area contributed by atoms with Crippen molar-refractivity contribution in [2.45, 2.75) is 58.8 Å². The normalized spacial score (nSPS) is 12.7. The summed E-state index contributed by atoms with van der Waals surface area (Å²) in [6.07, 6.45) is 3.50. The van der Waals surface area contributed by atoms with Gasteiger partial charge in [0.05, 0.1) is 148 Å². The Balaban J connectivity index is -0.0000000535. The van der Waals surface area contributed by atoms with E-state index >= 15 is 0 Å². The molecule has 6 atom stereocenters. The summed E-state index contributed by atoms with van der Waals surface area (Å²) >= 11 is 16.8. The predicted octanol–water partition coefficient (Wildman–Crippen LogP) is -7.13. The average molecular weight is 2400 g/mol. The third-order valence-corrected chi connectivity index (χ3v) is 13.2. The number of cyclic esters (lactones) is 1. The summed E-state index contributed by atoms with van der Waals surface area (Å²) in [6.45, 7) is 9.08. The van der Waals surface area contributed by atoms with Crippen molar-refractivity contribution >= 4 is 125 Å². The van der Waals surface area contributed by atoms with Crippen LogP contribution in [0.3, 0.4) is 0 Å². The first-order chi connectivity index (χ1) is 64.1. The summed E-state index contributed by atoms with van der Waals surface area (Å²) in [5.74, 6) is 0.994. The summed E-state index contributed by atoms with van der Waals surface area (Å²) in [5.41, 5.74) is 2.64. The minimum absolute atomic E-state index is 0. The molecule has 3 aliphatic heterocycles. The fourth-order valence-electron chi connectivity index (χ4n) is 3.23. The Kier molecular flexibility index (Phi) is 180. The van der Waals surface area contributed by atoms with Gasteiger partial charge in [-0.05, 0) is 44.6 Å². The molecule has 0 saturated carbocycles. The summed E-state index contributed by atoms with van der Waals surface area (Å²) in [5, 5.41) is 175. The topological polar surface area (TPSA) is 1180 Å². The molecule has 3 saturated heterocycles. The summed E-state index contributed by atoms with van der Waals surface area (Å²) in [7, 11) is 0.968. The van der Waals surface area contributed by atoms with Gasteiger partial charge in [-0.1, -0.05) is 15.9 Å². The van der Waals surface area contributed by atoms with E-state index in [2.05, 4.69) is 159 Å². The van der Waals surface area contributed by atoms with Crippen molar-refractivity contribution < 1.29 is 300 Å². The molecular formula is C42H93BrClN20Na2O67PS8. The second-order valence-electron chi connectivity index (χ2n) is 16.6. The van der Waals surface area contributed by atoms with Gasteiger partial charge in [-0.15, -0.1) is 195 Å². The Hall–Kier alpha value is -11.6. The molecule has 100 heteroatoms. The van der Waals surface area contributed by atoms with Gasteiger partial charge in [-0.25, -0.2) is 17.6 Å². The number of rotatable bonds is 29. The molecule has 3 aliphatic rings. The number of nitriles is 2.